The normalized spacial score (nSPS) is 16.1. The summed E-state index contributed by atoms with van der Waals surface area (Å²) in [6.45, 7) is 5.47. The van der Waals surface area contributed by atoms with E-state index in [1.807, 2.05) is 20.0 Å². The van der Waals surface area contributed by atoms with Crippen LogP contribution in [0.15, 0.2) is 0 Å². The minimum atomic E-state index is -1.96. The average Bonchev–Trinajstić information content (AvgIpc) is 1.62. The van der Waals surface area contributed by atoms with E-state index in [9.17, 15) is 4.39 Å². The van der Waals surface area contributed by atoms with E-state index in [0.717, 1.165) is 0 Å². The van der Waals surface area contributed by atoms with Crippen LogP contribution in [0.2, 0.25) is 13.1 Å². The number of alkyl halides is 1. The molecule has 0 aliphatic rings. The zero-order valence-corrected chi connectivity index (χ0v) is 7.30. The zero-order valence-electron chi connectivity index (χ0n) is 5.54. The van der Waals surface area contributed by atoms with Crippen LogP contribution in [0, 0.1) is 0 Å². The number of halogens is 2. The van der Waals surface area contributed by atoms with E-state index in [2.05, 4.69) is 0 Å². The standard InChI is InChI=1S/C5H12ClFSi/c1-4-5(7)8(2,3)6/h5H,4H2,1-3H3. The van der Waals surface area contributed by atoms with Crippen molar-refractivity contribution in [1.82, 2.24) is 0 Å². The van der Waals surface area contributed by atoms with Crippen molar-refractivity contribution in [3.8, 4) is 0 Å². The summed E-state index contributed by atoms with van der Waals surface area (Å²) in [6.07, 6.45) is 0.558. The lowest BCUT2D eigenvalue weighted by molar-refractivity contribution is 0.420. The quantitative estimate of drug-likeness (QED) is 0.424. The molecule has 0 N–H and O–H groups in total. The van der Waals surface area contributed by atoms with Crippen LogP contribution < -0.4 is 0 Å². The van der Waals surface area contributed by atoms with E-state index in [0.29, 0.717) is 6.42 Å². The lowest BCUT2D eigenvalue weighted by Crippen LogP contribution is -2.31. The Morgan fingerprint density at radius 3 is 2.00 bits per heavy atom. The fourth-order valence-corrected chi connectivity index (χ4v) is 1.92. The molecule has 0 spiro atoms. The van der Waals surface area contributed by atoms with Crippen LogP contribution in [0.3, 0.4) is 0 Å². The van der Waals surface area contributed by atoms with Gasteiger partial charge in [0, 0.05) is 0 Å². The van der Waals surface area contributed by atoms with Gasteiger partial charge in [-0.25, -0.2) is 4.39 Å². The molecular weight excluding hydrogens is 143 g/mol. The van der Waals surface area contributed by atoms with Gasteiger partial charge in [0.1, 0.15) is 5.79 Å². The zero-order chi connectivity index (χ0) is 6.78. The molecule has 1 unspecified atom stereocenters. The Balaban J connectivity index is 3.62. The molecule has 0 aromatic heterocycles. The van der Waals surface area contributed by atoms with Crippen molar-refractivity contribution in [3.05, 3.63) is 0 Å². The van der Waals surface area contributed by atoms with Gasteiger partial charge >= 0.3 is 0 Å². The Morgan fingerprint density at radius 1 is 1.62 bits per heavy atom. The predicted octanol–water partition coefficient (Wildman–Crippen LogP) is 2.72. The maximum Gasteiger partial charge on any atom is 0.187 e. The van der Waals surface area contributed by atoms with Crippen LogP contribution in [0.1, 0.15) is 13.3 Å². The molecule has 0 radical (unpaired) electrons. The molecular formula is C5H12ClFSi. The summed E-state index contributed by atoms with van der Waals surface area (Å²) in [5.41, 5.74) is 0. The topological polar surface area (TPSA) is 0 Å². The molecule has 0 aliphatic carbocycles. The highest BCUT2D eigenvalue weighted by molar-refractivity contribution is 7.19. The highest BCUT2D eigenvalue weighted by Gasteiger charge is 2.27. The maximum absolute atomic E-state index is 12.6. The first kappa shape index (κ1) is 8.44. The van der Waals surface area contributed by atoms with Gasteiger partial charge in [0.05, 0.1) is 0 Å². The SMILES string of the molecule is CCC(F)[Si](C)(C)Cl. The molecule has 0 saturated heterocycles. The summed E-state index contributed by atoms with van der Waals surface area (Å²) in [5, 5.41) is 0. The van der Waals surface area contributed by atoms with Gasteiger partial charge in [0.15, 0.2) is 7.38 Å². The van der Waals surface area contributed by atoms with Crippen molar-refractivity contribution in [1.29, 1.82) is 0 Å². The van der Waals surface area contributed by atoms with Crippen LogP contribution in [0.4, 0.5) is 4.39 Å². The second-order valence-corrected chi connectivity index (χ2v) is 9.12. The summed E-state index contributed by atoms with van der Waals surface area (Å²) in [6, 6.07) is 0. The molecule has 0 rings (SSSR count). The van der Waals surface area contributed by atoms with Crippen LogP contribution >= 0.6 is 11.1 Å². The van der Waals surface area contributed by atoms with Crippen molar-refractivity contribution in [3.63, 3.8) is 0 Å². The summed E-state index contributed by atoms with van der Waals surface area (Å²) in [5.74, 6) is -0.746. The molecule has 1 atom stereocenters. The summed E-state index contributed by atoms with van der Waals surface area (Å²) in [4.78, 5) is 0. The molecule has 0 aliphatic heterocycles. The molecule has 0 aromatic rings. The Morgan fingerprint density at radius 2 is 2.00 bits per heavy atom. The second kappa shape index (κ2) is 2.83. The molecule has 0 bridgehead atoms. The van der Waals surface area contributed by atoms with Crippen molar-refractivity contribution < 1.29 is 4.39 Å². The van der Waals surface area contributed by atoms with Crippen molar-refractivity contribution in [2.24, 2.45) is 0 Å². The molecule has 3 heteroatoms. The Hall–Kier alpha value is 0.437. The van der Waals surface area contributed by atoms with E-state index in [-0.39, 0.29) is 0 Å². The van der Waals surface area contributed by atoms with Crippen molar-refractivity contribution in [2.75, 3.05) is 0 Å². The largest absolute Gasteiger partial charge is 0.250 e. The number of hydrogen-bond acceptors (Lipinski definition) is 0. The van der Waals surface area contributed by atoms with Crippen molar-refractivity contribution >= 4 is 18.5 Å². The monoisotopic (exact) mass is 154 g/mol. The Kier molecular flexibility index (Phi) is 2.98. The Bertz CT molecular complexity index is 69.3. The first-order valence-electron chi connectivity index (χ1n) is 2.81. The van der Waals surface area contributed by atoms with Gasteiger partial charge in [-0.1, -0.05) is 20.0 Å². The average molecular weight is 155 g/mol. The molecule has 0 nitrogen and oxygen atoms in total. The molecule has 0 amide bonds. The minimum absolute atomic E-state index is 0.558. The second-order valence-electron chi connectivity index (χ2n) is 2.44. The van der Waals surface area contributed by atoms with Gasteiger partial charge in [-0.15, -0.1) is 0 Å². The third-order valence-corrected chi connectivity index (χ3v) is 3.71. The van der Waals surface area contributed by atoms with Gasteiger partial charge in [0.2, 0.25) is 0 Å². The van der Waals surface area contributed by atoms with Crippen molar-refractivity contribution in [2.45, 2.75) is 32.2 Å². The van der Waals surface area contributed by atoms with Gasteiger partial charge in [0.25, 0.3) is 0 Å². The molecule has 0 aromatic carbocycles. The van der Waals surface area contributed by atoms with Gasteiger partial charge < -0.3 is 0 Å². The highest BCUT2D eigenvalue weighted by atomic mass is 35.6. The molecule has 0 saturated carbocycles. The lowest BCUT2D eigenvalue weighted by Gasteiger charge is -2.15. The molecule has 8 heavy (non-hydrogen) atoms. The lowest BCUT2D eigenvalue weighted by atomic mass is 10.5. The summed E-state index contributed by atoms with van der Waals surface area (Å²) in [7, 11) is -1.96. The molecule has 0 fully saturated rings. The third kappa shape index (κ3) is 2.67. The summed E-state index contributed by atoms with van der Waals surface area (Å²) < 4.78 is 12.6. The van der Waals surface area contributed by atoms with E-state index < -0.39 is 13.2 Å². The van der Waals surface area contributed by atoms with E-state index in [1.165, 1.54) is 0 Å². The molecule has 0 heterocycles. The number of hydrogen-bond donors (Lipinski definition) is 0. The third-order valence-electron chi connectivity index (χ3n) is 1.10. The summed E-state index contributed by atoms with van der Waals surface area (Å²) >= 11 is 5.75. The first-order valence-corrected chi connectivity index (χ1v) is 6.90. The van der Waals surface area contributed by atoms with Crippen LogP contribution in [-0.4, -0.2) is 13.2 Å². The van der Waals surface area contributed by atoms with Crippen LogP contribution in [0.25, 0.3) is 0 Å². The van der Waals surface area contributed by atoms with Gasteiger partial charge in [-0.05, 0) is 6.42 Å². The first-order chi connectivity index (χ1) is 3.48. The Labute approximate surface area is 55.8 Å². The van der Waals surface area contributed by atoms with Gasteiger partial charge in [-0.2, -0.15) is 11.1 Å². The van der Waals surface area contributed by atoms with Crippen LogP contribution in [0.5, 0.6) is 0 Å². The van der Waals surface area contributed by atoms with E-state index in [1.54, 1.807) is 0 Å². The molecule has 50 valence electrons. The fourth-order valence-electron chi connectivity index (χ4n) is 0.485. The van der Waals surface area contributed by atoms with E-state index in [4.69, 9.17) is 11.1 Å². The van der Waals surface area contributed by atoms with E-state index >= 15 is 0 Å². The van der Waals surface area contributed by atoms with Gasteiger partial charge in [-0.3, -0.25) is 0 Å². The maximum atomic E-state index is 12.6. The highest BCUT2D eigenvalue weighted by Crippen LogP contribution is 2.18. The smallest absolute Gasteiger partial charge is 0.187 e. The predicted molar refractivity (Wildman–Crippen MR) is 38.5 cm³/mol. The fraction of sp³-hybridized carbons (Fsp3) is 1.00. The minimum Gasteiger partial charge on any atom is -0.250 e. The van der Waals surface area contributed by atoms with Crippen LogP contribution in [-0.2, 0) is 0 Å². The number of rotatable bonds is 2.